The fourth-order valence-corrected chi connectivity index (χ4v) is 4.25. The molecule has 0 aliphatic carbocycles. The summed E-state index contributed by atoms with van der Waals surface area (Å²) in [5.74, 6) is -1.81. The SMILES string of the molecule is CC(=O)OCCNC(=O)Oc1ccc(C(=O)NS(=O)(=O)c2ccc(CCNC(=O)c3ccc(Cl)cc3)cc2)cn1. The van der Waals surface area contributed by atoms with Crippen LogP contribution in [0.25, 0.3) is 0 Å². The number of pyridine rings is 1. The second-order valence-electron chi connectivity index (χ2n) is 8.13. The predicted molar refractivity (Wildman–Crippen MR) is 143 cm³/mol. The molecule has 14 heteroatoms. The number of hydrogen-bond donors (Lipinski definition) is 3. The second-order valence-corrected chi connectivity index (χ2v) is 10.3. The molecule has 40 heavy (non-hydrogen) atoms. The van der Waals surface area contributed by atoms with E-state index in [0.717, 1.165) is 11.8 Å². The van der Waals surface area contributed by atoms with Crippen LogP contribution in [0.3, 0.4) is 0 Å². The number of carbonyl (C=O) groups excluding carboxylic acids is 4. The van der Waals surface area contributed by atoms with Crippen LogP contribution in [0, 0.1) is 0 Å². The number of carbonyl (C=O) groups is 4. The molecule has 0 radical (unpaired) electrons. The number of aromatic nitrogens is 1. The van der Waals surface area contributed by atoms with Gasteiger partial charge in [0.05, 0.1) is 17.0 Å². The van der Waals surface area contributed by atoms with Crippen LogP contribution in [0.5, 0.6) is 5.88 Å². The van der Waals surface area contributed by atoms with Crippen LogP contribution in [-0.2, 0) is 26.0 Å². The van der Waals surface area contributed by atoms with Gasteiger partial charge in [-0.2, -0.15) is 0 Å². The smallest absolute Gasteiger partial charge is 0.414 e. The van der Waals surface area contributed by atoms with Crippen molar-refractivity contribution < 1.29 is 37.1 Å². The Balaban J connectivity index is 1.48. The molecule has 12 nitrogen and oxygen atoms in total. The van der Waals surface area contributed by atoms with Crippen LogP contribution in [0.4, 0.5) is 4.79 Å². The zero-order chi connectivity index (χ0) is 29.1. The summed E-state index contributed by atoms with van der Waals surface area (Å²) >= 11 is 5.82. The Morgan fingerprint density at radius 3 is 2.15 bits per heavy atom. The molecular formula is C26H25ClN4O8S. The van der Waals surface area contributed by atoms with Crippen molar-refractivity contribution in [2.24, 2.45) is 0 Å². The normalized spacial score (nSPS) is 10.8. The first-order valence-corrected chi connectivity index (χ1v) is 13.6. The molecule has 0 spiro atoms. The number of nitrogens with zero attached hydrogens (tertiary/aromatic N) is 1. The van der Waals surface area contributed by atoms with Crippen molar-refractivity contribution in [3.8, 4) is 5.88 Å². The van der Waals surface area contributed by atoms with Gasteiger partial charge in [0.15, 0.2) is 0 Å². The zero-order valence-corrected chi connectivity index (χ0v) is 22.8. The van der Waals surface area contributed by atoms with E-state index in [1.165, 1.54) is 31.2 Å². The van der Waals surface area contributed by atoms with Gasteiger partial charge in [0.2, 0.25) is 5.88 Å². The Hall–Kier alpha value is -4.49. The van der Waals surface area contributed by atoms with Crippen LogP contribution >= 0.6 is 11.6 Å². The van der Waals surface area contributed by atoms with Gasteiger partial charge in [-0.05, 0) is 54.4 Å². The van der Waals surface area contributed by atoms with E-state index in [1.807, 2.05) is 4.72 Å². The van der Waals surface area contributed by atoms with Crippen molar-refractivity contribution in [3.05, 3.63) is 88.6 Å². The van der Waals surface area contributed by atoms with E-state index in [-0.39, 0.29) is 35.4 Å². The number of sulfonamides is 1. The number of nitrogens with one attached hydrogen (secondary N) is 3. The maximum atomic E-state index is 12.7. The van der Waals surface area contributed by atoms with E-state index in [4.69, 9.17) is 16.3 Å². The Morgan fingerprint density at radius 1 is 0.850 bits per heavy atom. The van der Waals surface area contributed by atoms with E-state index in [1.54, 1.807) is 36.4 Å². The second kappa shape index (κ2) is 14.1. The average molecular weight is 589 g/mol. The summed E-state index contributed by atoms with van der Waals surface area (Å²) in [6.07, 6.45) is 0.649. The summed E-state index contributed by atoms with van der Waals surface area (Å²) in [6.45, 7) is 1.56. The van der Waals surface area contributed by atoms with E-state index in [2.05, 4.69) is 20.4 Å². The minimum atomic E-state index is -4.19. The predicted octanol–water partition coefficient (Wildman–Crippen LogP) is 2.48. The third kappa shape index (κ3) is 9.36. The van der Waals surface area contributed by atoms with E-state index in [0.29, 0.717) is 23.6 Å². The summed E-state index contributed by atoms with van der Waals surface area (Å²) in [6, 6.07) is 14.8. The molecule has 2 aromatic carbocycles. The van der Waals surface area contributed by atoms with E-state index < -0.39 is 28.0 Å². The summed E-state index contributed by atoms with van der Waals surface area (Å²) in [7, 11) is -4.19. The van der Waals surface area contributed by atoms with Crippen molar-refractivity contribution in [3.63, 3.8) is 0 Å². The van der Waals surface area contributed by atoms with Crippen molar-refractivity contribution in [1.29, 1.82) is 0 Å². The molecule has 0 bridgehead atoms. The quantitative estimate of drug-likeness (QED) is 0.225. The molecule has 1 heterocycles. The fourth-order valence-electron chi connectivity index (χ4n) is 3.15. The highest BCUT2D eigenvalue weighted by molar-refractivity contribution is 7.90. The number of benzene rings is 2. The maximum Gasteiger partial charge on any atom is 0.414 e. The standard InChI is InChI=1S/C26H25ClN4O8S/c1-17(32)38-15-14-29-26(35)39-23-11-6-20(16-30-23)25(34)31-40(36,37)22-9-2-18(3-10-22)12-13-28-24(33)19-4-7-21(27)8-5-19/h2-11,16H,12-15H2,1H3,(H,28,33)(H,29,35)(H,31,34). The van der Waals surface area contributed by atoms with Crippen LogP contribution in [0.2, 0.25) is 5.02 Å². The van der Waals surface area contributed by atoms with Gasteiger partial charge in [0.1, 0.15) is 6.61 Å². The van der Waals surface area contributed by atoms with Gasteiger partial charge in [-0.1, -0.05) is 23.7 Å². The molecule has 0 saturated heterocycles. The van der Waals surface area contributed by atoms with Gasteiger partial charge in [-0.3, -0.25) is 14.4 Å². The summed E-state index contributed by atoms with van der Waals surface area (Å²) in [5.41, 5.74) is 1.16. The van der Waals surface area contributed by atoms with Crippen LogP contribution in [0.1, 0.15) is 33.2 Å². The molecule has 3 amide bonds. The monoisotopic (exact) mass is 588 g/mol. The number of amides is 3. The molecule has 1 aromatic heterocycles. The highest BCUT2D eigenvalue weighted by Gasteiger charge is 2.19. The molecule has 3 N–H and O–H groups in total. The number of hydrogen-bond acceptors (Lipinski definition) is 9. The molecule has 0 saturated carbocycles. The Labute approximate surface area is 235 Å². The molecule has 0 unspecified atom stereocenters. The highest BCUT2D eigenvalue weighted by Crippen LogP contribution is 2.14. The fraction of sp³-hybridized carbons (Fsp3) is 0.192. The van der Waals surface area contributed by atoms with Crippen molar-refractivity contribution in [2.45, 2.75) is 18.2 Å². The topological polar surface area (TPSA) is 170 Å². The number of ether oxygens (including phenoxy) is 2. The van der Waals surface area contributed by atoms with Gasteiger partial charge in [-0.15, -0.1) is 0 Å². The summed E-state index contributed by atoms with van der Waals surface area (Å²) < 4.78 is 36.9. The molecule has 0 aliphatic rings. The molecule has 210 valence electrons. The maximum absolute atomic E-state index is 12.7. The van der Waals surface area contributed by atoms with Gasteiger partial charge >= 0.3 is 12.1 Å². The van der Waals surface area contributed by atoms with Crippen LogP contribution < -0.4 is 20.1 Å². The largest absolute Gasteiger partial charge is 0.464 e. The molecule has 3 aromatic rings. The minimum absolute atomic E-state index is 0.0264. The molecule has 0 aliphatic heterocycles. The molecule has 0 fully saturated rings. The van der Waals surface area contributed by atoms with E-state index >= 15 is 0 Å². The van der Waals surface area contributed by atoms with E-state index in [9.17, 15) is 27.6 Å². The minimum Gasteiger partial charge on any atom is -0.464 e. The number of rotatable bonds is 11. The third-order valence-electron chi connectivity index (χ3n) is 5.14. The molecule has 0 atom stereocenters. The molecule has 3 rings (SSSR count). The number of esters is 1. The van der Waals surface area contributed by atoms with Crippen molar-refractivity contribution in [1.82, 2.24) is 20.3 Å². The summed E-state index contributed by atoms with van der Waals surface area (Å²) in [5, 5.41) is 5.64. The Kier molecular flexibility index (Phi) is 10.6. The first-order valence-electron chi connectivity index (χ1n) is 11.8. The van der Waals surface area contributed by atoms with Crippen LogP contribution in [0.15, 0.2) is 71.8 Å². The highest BCUT2D eigenvalue weighted by atomic mass is 35.5. The lowest BCUT2D eigenvalue weighted by Gasteiger charge is -2.09. The van der Waals surface area contributed by atoms with Crippen LogP contribution in [-0.4, -0.2) is 57.0 Å². The third-order valence-corrected chi connectivity index (χ3v) is 6.74. The van der Waals surface area contributed by atoms with Crippen molar-refractivity contribution in [2.75, 3.05) is 19.7 Å². The average Bonchev–Trinajstić information content (AvgIpc) is 2.92. The first kappa shape index (κ1) is 30.1. The Bertz CT molecular complexity index is 1460. The number of halogens is 1. The lowest BCUT2D eigenvalue weighted by molar-refractivity contribution is -0.140. The summed E-state index contributed by atoms with van der Waals surface area (Å²) in [4.78, 5) is 50.7. The van der Waals surface area contributed by atoms with Gasteiger partial charge in [0.25, 0.3) is 21.8 Å². The lowest BCUT2D eigenvalue weighted by Crippen LogP contribution is -2.31. The van der Waals surface area contributed by atoms with Gasteiger partial charge < -0.3 is 20.1 Å². The molecular weight excluding hydrogens is 564 g/mol. The van der Waals surface area contributed by atoms with Crippen molar-refractivity contribution >= 4 is 45.5 Å². The zero-order valence-electron chi connectivity index (χ0n) is 21.2. The lowest BCUT2D eigenvalue weighted by atomic mass is 10.1. The van der Waals surface area contributed by atoms with Gasteiger partial charge in [-0.25, -0.2) is 22.9 Å². The Morgan fingerprint density at radius 2 is 1.52 bits per heavy atom. The van der Waals surface area contributed by atoms with Gasteiger partial charge in [0, 0.05) is 36.3 Å². The first-order chi connectivity index (χ1) is 19.0.